The van der Waals surface area contributed by atoms with E-state index in [2.05, 4.69) is 5.16 Å². The van der Waals surface area contributed by atoms with Crippen molar-refractivity contribution in [2.75, 3.05) is 13.1 Å². The first kappa shape index (κ1) is 21.0. The molecular weight excluding hydrogens is 368 g/mol. The quantitative estimate of drug-likeness (QED) is 0.346. The molecule has 5 nitrogen and oxygen atoms in total. The molecule has 27 heavy (non-hydrogen) atoms. The van der Waals surface area contributed by atoms with E-state index in [1.807, 2.05) is 0 Å². The van der Waals surface area contributed by atoms with Crippen LogP contribution in [0.2, 0.25) is 0 Å². The van der Waals surface area contributed by atoms with Crippen molar-refractivity contribution < 1.29 is 32.3 Å². The van der Waals surface area contributed by atoms with Crippen molar-refractivity contribution in [3.8, 4) is 0 Å². The van der Waals surface area contributed by atoms with Crippen molar-refractivity contribution in [3.05, 3.63) is 35.1 Å². The number of likely N-dealkylation sites (tertiary alicyclic amines) is 1. The fraction of sp³-hybridized carbons (Fsp3) is 0.556. The van der Waals surface area contributed by atoms with Gasteiger partial charge in [0.2, 0.25) is 0 Å². The summed E-state index contributed by atoms with van der Waals surface area (Å²) in [6.07, 6.45) is -4.50. The van der Waals surface area contributed by atoms with Gasteiger partial charge in [-0.05, 0) is 51.8 Å². The van der Waals surface area contributed by atoms with Gasteiger partial charge in [-0.1, -0.05) is 5.16 Å². The normalized spacial score (nSPS) is 17.1. The third-order valence-electron chi connectivity index (χ3n) is 4.21. The summed E-state index contributed by atoms with van der Waals surface area (Å²) < 4.78 is 58.1. The van der Waals surface area contributed by atoms with Crippen LogP contribution in [0.25, 0.3) is 0 Å². The highest BCUT2D eigenvalue weighted by molar-refractivity contribution is 6.02. The summed E-state index contributed by atoms with van der Waals surface area (Å²) in [5.74, 6) is -1.38. The Morgan fingerprint density at radius 2 is 1.81 bits per heavy atom. The molecule has 2 rings (SSSR count). The maximum Gasteiger partial charge on any atom is 0.416 e. The van der Waals surface area contributed by atoms with Crippen molar-refractivity contribution in [1.29, 1.82) is 0 Å². The van der Waals surface area contributed by atoms with E-state index in [1.54, 1.807) is 20.8 Å². The summed E-state index contributed by atoms with van der Waals surface area (Å²) in [7, 11) is 0. The standard InChI is InChI=1S/C18H22F4N2O3/c1-17(2,3)27-16(25)24-8-6-11(7-9-24)15(23-26)13-10-12(18(20,21)22)4-5-14(13)19/h4-5,10-11,26H,6-9H2,1-3H3. The topological polar surface area (TPSA) is 62.1 Å². The zero-order chi connectivity index (χ0) is 20.4. The van der Waals surface area contributed by atoms with Crippen LogP contribution in [0, 0.1) is 11.7 Å². The van der Waals surface area contributed by atoms with Crippen LogP contribution < -0.4 is 0 Å². The number of halogens is 4. The molecule has 1 N–H and O–H groups in total. The number of ether oxygens (including phenoxy) is 1. The molecular formula is C18H22F4N2O3. The predicted octanol–water partition coefficient (Wildman–Crippen LogP) is 4.67. The summed E-state index contributed by atoms with van der Waals surface area (Å²) in [4.78, 5) is 13.5. The molecule has 1 aliphatic rings. The molecule has 1 fully saturated rings. The number of hydrogen-bond acceptors (Lipinski definition) is 4. The molecule has 1 aliphatic heterocycles. The van der Waals surface area contributed by atoms with Crippen LogP contribution in [-0.2, 0) is 10.9 Å². The Bertz CT molecular complexity index is 718. The van der Waals surface area contributed by atoms with E-state index in [0.717, 1.165) is 0 Å². The van der Waals surface area contributed by atoms with Crippen LogP contribution in [0.1, 0.15) is 44.7 Å². The van der Waals surface area contributed by atoms with Gasteiger partial charge in [0.25, 0.3) is 0 Å². The average molecular weight is 390 g/mol. The summed E-state index contributed by atoms with van der Waals surface area (Å²) >= 11 is 0. The first-order chi connectivity index (χ1) is 12.4. The molecule has 1 aromatic carbocycles. The van der Waals surface area contributed by atoms with Crippen molar-refractivity contribution in [2.24, 2.45) is 11.1 Å². The molecule has 0 aromatic heterocycles. The van der Waals surface area contributed by atoms with E-state index in [1.165, 1.54) is 4.90 Å². The molecule has 150 valence electrons. The van der Waals surface area contributed by atoms with Crippen molar-refractivity contribution in [2.45, 2.75) is 45.4 Å². The number of piperidine rings is 1. The fourth-order valence-electron chi connectivity index (χ4n) is 2.92. The largest absolute Gasteiger partial charge is 0.444 e. The first-order valence-electron chi connectivity index (χ1n) is 8.49. The minimum atomic E-state index is -4.64. The zero-order valence-corrected chi connectivity index (χ0v) is 15.3. The lowest BCUT2D eigenvalue weighted by molar-refractivity contribution is -0.137. The van der Waals surface area contributed by atoms with Gasteiger partial charge < -0.3 is 14.8 Å². The van der Waals surface area contributed by atoms with Gasteiger partial charge in [0.1, 0.15) is 11.4 Å². The van der Waals surface area contributed by atoms with Crippen LogP contribution in [0.5, 0.6) is 0 Å². The van der Waals surface area contributed by atoms with Gasteiger partial charge in [-0.25, -0.2) is 9.18 Å². The molecule has 0 atom stereocenters. The Morgan fingerprint density at radius 1 is 1.22 bits per heavy atom. The molecule has 0 bridgehead atoms. The molecule has 9 heteroatoms. The Balaban J connectivity index is 2.14. The smallest absolute Gasteiger partial charge is 0.416 e. The predicted molar refractivity (Wildman–Crippen MR) is 90.3 cm³/mol. The Kier molecular flexibility index (Phi) is 6.01. The maximum atomic E-state index is 14.1. The van der Waals surface area contributed by atoms with Gasteiger partial charge in [0.15, 0.2) is 0 Å². The number of carbonyl (C=O) groups excluding carboxylic acids is 1. The van der Waals surface area contributed by atoms with Crippen molar-refractivity contribution >= 4 is 11.8 Å². The third-order valence-corrected chi connectivity index (χ3v) is 4.21. The third kappa shape index (κ3) is 5.33. The van der Waals surface area contributed by atoms with Gasteiger partial charge >= 0.3 is 12.3 Å². The number of hydrogen-bond donors (Lipinski definition) is 1. The van der Waals surface area contributed by atoms with Crippen LogP contribution in [0.3, 0.4) is 0 Å². The second-order valence-corrected chi connectivity index (χ2v) is 7.42. The second-order valence-electron chi connectivity index (χ2n) is 7.42. The molecule has 1 amide bonds. The summed E-state index contributed by atoms with van der Waals surface area (Å²) in [6, 6.07) is 1.99. The van der Waals surface area contributed by atoms with Crippen LogP contribution in [0.4, 0.5) is 22.4 Å². The number of benzene rings is 1. The Hall–Kier alpha value is -2.32. The van der Waals surface area contributed by atoms with Crippen molar-refractivity contribution in [1.82, 2.24) is 4.90 Å². The maximum absolute atomic E-state index is 14.1. The van der Waals surface area contributed by atoms with Gasteiger partial charge in [0, 0.05) is 24.6 Å². The summed E-state index contributed by atoms with van der Waals surface area (Å²) in [5.41, 5.74) is -2.20. The number of amides is 1. The van der Waals surface area contributed by atoms with Gasteiger partial charge in [0.05, 0.1) is 11.3 Å². The van der Waals surface area contributed by atoms with E-state index < -0.39 is 35.2 Å². The van der Waals surface area contributed by atoms with Gasteiger partial charge in [-0.2, -0.15) is 13.2 Å². The SMILES string of the molecule is CC(C)(C)OC(=O)N1CCC(C(=NO)c2cc(C(F)(F)F)ccc2F)CC1. The van der Waals surface area contributed by atoms with Gasteiger partial charge in [-0.15, -0.1) is 0 Å². The van der Waals surface area contributed by atoms with E-state index in [9.17, 15) is 27.6 Å². The van der Waals surface area contributed by atoms with E-state index >= 15 is 0 Å². The Labute approximate surface area is 154 Å². The highest BCUT2D eigenvalue weighted by atomic mass is 19.4. The van der Waals surface area contributed by atoms with Crippen LogP contribution in [0.15, 0.2) is 23.4 Å². The molecule has 0 aliphatic carbocycles. The molecule has 1 aromatic rings. The zero-order valence-electron chi connectivity index (χ0n) is 15.3. The molecule has 0 saturated carbocycles. The number of nitrogens with zero attached hydrogens (tertiary/aromatic N) is 2. The highest BCUT2D eigenvalue weighted by Gasteiger charge is 2.34. The van der Waals surface area contributed by atoms with Gasteiger partial charge in [-0.3, -0.25) is 0 Å². The average Bonchev–Trinajstić information content (AvgIpc) is 2.55. The Morgan fingerprint density at radius 3 is 2.30 bits per heavy atom. The highest BCUT2D eigenvalue weighted by Crippen LogP contribution is 2.32. The molecule has 0 unspecified atom stereocenters. The lowest BCUT2D eigenvalue weighted by atomic mass is 9.87. The number of alkyl halides is 3. The number of carbonyl (C=O) groups is 1. The summed E-state index contributed by atoms with van der Waals surface area (Å²) in [6.45, 7) is 5.75. The number of rotatable bonds is 2. The van der Waals surface area contributed by atoms with E-state index in [4.69, 9.17) is 4.74 Å². The first-order valence-corrected chi connectivity index (χ1v) is 8.49. The number of oxime groups is 1. The molecule has 1 saturated heterocycles. The van der Waals surface area contributed by atoms with Crippen LogP contribution in [-0.4, -0.2) is 40.6 Å². The summed E-state index contributed by atoms with van der Waals surface area (Å²) in [5, 5.41) is 12.4. The molecule has 1 heterocycles. The minimum absolute atomic E-state index is 0.151. The van der Waals surface area contributed by atoms with Crippen molar-refractivity contribution in [3.63, 3.8) is 0 Å². The van der Waals surface area contributed by atoms with E-state index in [-0.39, 0.29) is 24.4 Å². The van der Waals surface area contributed by atoms with E-state index in [0.29, 0.717) is 31.0 Å². The lowest BCUT2D eigenvalue weighted by Crippen LogP contribution is -2.43. The fourth-order valence-corrected chi connectivity index (χ4v) is 2.92. The monoisotopic (exact) mass is 390 g/mol. The lowest BCUT2D eigenvalue weighted by Gasteiger charge is -2.33. The molecule has 0 radical (unpaired) electrons. The van der Waals surface area contributed by atoms with Crippen LogP contribution >= 0.6 is 0 Å². The minimum Gasteiger partial charge on any atom is -0.444 e. The second kappa shape index (κ2) is 7.74. The molecule has 0 spiro atoms.